The zero-order valence-corrected chi connectivity index (χ0v) is 7.52. The van der Waals surface area contributed by atoms with Crippen molar-refractivity contribution in [3.8, 4) is 0 Å². The Morgan fingerprint density at radius 2 is 2.00 bits per heavy atom. The highest BCUT2D eigenvalue weighted by Gasteiger charge is 1.86. The van der Waals surface area contributed by atoms with E-state index in [0.717, 1.165) is 6.42 Å². The summed E-state index contributed by atoms with van der Waals surface area (Å²) >= 11 is 0. The molecule has 0 bridgehead atoms. The minimum absolute atomic E-state index is 0.668. The van der Waals surface area contributed by atoms with E-state index >= 15 is 0 Å². The minimum atomic E-state index is 0.668. The third kappa shape index (κ3) is 4.37. The van der Waals surface area contributed by atoms with Crippen LogP contribution in [0.4, 0.5) is 0 Å². The van der Waals surface area contributed by atoms with Crippen LogP contribution in [0.15, 0.2) is 23.8 Å². The Labute approximate surface area is 64.6 Å². The first kappa shape index (κ1) is 9.48. The van der Waals surface area contributed by atoms with Gasteiger partial charge in [-0.25, -0.2) is 0 Å². The van der Waals surface area contributed by atoms with Crippen LogP contribution >= 0.6 is 0 Å². The Morgan fingerprint density at radius 3 is 2.30 bits per heavy atom. The molecule has 0 aliphatic carbocycles. The third-order valence-electron chi connectivity index (χ3n) is 1.47. The van der Waals surface area contributed by atoms with Crippen molar-refractivity contribution in [2.24, 2.45) is 5.92 Å². The quantitative estimate of drug-likeness (QED) is 0.523. The molecule has 10 heavy (non-hydrogen) atoms. The van der Waals surface area contributed by atoms with E-state index < -0.39 is 0 Å². The molecule has 0 N–H and O–H groups in total. The SMILES string of the molecule is C/C=C(\C=C\C(C)C)CC. The molecular weight excluding hydrogens is 120 g/mol. The van der Waals surface area contributed by atoms with Gasteiger partial charge in [-0.3, -0.25) is 0 Å². The molecule has 0 saturated carbocycles. The molecule has 0 aromatic rings. The molecular formula is C10H18. The van der Waals surface area contributed by atoms with Gasteiger partial charge in [-0.05, 0) is 19.3 Å². The Bertz CT molecular complexity index is 127. The van der Waals surface area contributed by atoms with Crippen LogP contribution in [0.2, 0.25) is 0 Å². The van der Waals surface area contributed by atoms with Crippen LogP contribution in [0.3, 0.4) is 0 Å². The van der Waals surface area contributed by atoms with E-state index in [1.807, 2.05) is 0 Å². The van der Waals surface area contributed by atoms with Gasteiger partial charge in [0.2, 0.25) is 0 Å². The molecule has 0 aromatic heterocycles. The molecule has 0 nitrogen and oxygen atoms in total. The molecule has 0 spiro atoms. The van der Waals surface area contributed by atoms with Crippen molar-refractivity contribution in [3.63, 3.8) is 0 Å². The van der Waals surface area contributed by atoms with Gasteiger partial charge < -0.3 is 0 Å². The topological polar surface area (TPSA) is 0 Å². The summed E-state index contributed by atoms with van der Waals surface area (Å²) in [6, 6.07) is 0. The molecule has 0 unspecified atom stereocenters. The summed E-state index contributed by atoms with van der Waals surface area (Å²) in [6.45, 7) is 8.66. The maximum atomic E-state index is 2.23. The second kappa shape index (κ2) is 5.28. The first-order valence-corrected chi connectivity index (χ1v) is 4.04. The van der Waals surface area contributed by atoms with Gasteiger partial charge in [0.25, 0.3) is 0 Å². The summed E-state index contributed by atoms with van der Waals surface area (Å²) in [6.07, 6.45) is 7.75. The van der Waals surface area contributed by atoms with Crippen LogP contribution in [0.5, 0.6) is 0 Å². The van der Waals surface area contributed by atoms with Gasteiger partial charge in [0.1, 0.15) is 0 Å². The van der Waals surface area contributed by atoms with Crippen LogP contribution in [0.25, 0.3) is 0 Å². The first-order chi connectivity index (χ1) is 4.70. The average molecular weight is 138 g/mol. The monoisotopic (exact) mass is 138 g/mol. The van der Waals surface area contributed by atoms with Gasteiger partial charge in [-0.15, -0.1) is 0 Å². The summed E-state index contributed by atoms with van der Waals surface area (Å²) in [4.78, 5) is 0. The highest BCUT2D eigenvalue weighted by Crippen LogP contribution is 2.04. The summed E-state index contributed by atoms with van der Waals surface area (Å²) in [5.41, 5.74) is 1.42. The van der Waals surface area contributed by atoms with Crippen molar-refractivity contribution < 1.29 is 0 Å². The summed E-state index contributed by atoms with van der Waals surface area (Å²) in [7, 11) is 0. The van der Waals surface area contributed by atoms with Gasteiger partial charge in [0.05, 0.1) is 0 Å². The van der Waals surface area contributed by atoms with Gasteiger partial charge >= 0.3 is 0 Å². The largest absolute Gasteiger partial charge is 0.0845 e. The third-order valence-corrected chi connectivity index (χ3v) is 1.47. The lowest BCUT2D eigenvalue weighted by Crippen LogP contribution is -1.79. The minimum Gasteiger partial charge on any atom is -0.0845 e. The van der Waals surface area contributed by atoms with Crippen molar-refractivity contribution in [1.29, 1.82) is 0 Å². The number of hydrogen-bond acceptors (Lipinski definition) is 0. The maximum Gasteiger partial charge on any atom is -0.0287 e. The van der Waals surface area contributed by atoms with Crippen molar-refractivity contribution in [1.82, 2.24) is 0 Å². The first-order valence-electron chi connectivity index (χ1n) is 4.04. The summed E-state index contributed by atoms with van der Waals surface area (Å²) in [5.74, 6) is 0.668. The van der Waals surface area contributed by atoms with Gasteiger partial charge in [0.15, 0.2) is 0 Å². The highest BCUT2D eigenvalue weighted by molar-refractivity contribution is 5.17. The summed E-state index contributed by atoms with van der Waals surface area (Å²) < 4.78 is 0. The lowest BCUT2D eigenvalue weighted by atomic mass is 10.1. The van der Waals surface area contributed by atoms with E-state index in [9.17, 15) is 0 Å². The zero-order valence-electron chi connectivity index (χ0n) is 7.52. The van der Waals surface area contributed by atoms with Gasteiger partial charge in [0, 0.05) is 0 Å². The molecule has 0 aromatic carbocycles. The summed E-state index contributed by atoms with van der Waals surface area (Å²) in [5, 5.41) is 0. The lowest BCUT2D eigenvalue weighted by molar-refractivity contribution is 0.829. The second-order valence-corrected chi connectivity index (χ2v) is 2.82. The van der Waals surface area contributed by atoms with Crippen LogP contribution in [-0.2, 0) is 0 Å². The van der Waals surface area contributed by atoms with Gasteiger partial charge in [-0.1, -0.05) is 44.6 Å². The Kier molecular flexibility index (Phi) is 5.00. The van der Waals surface area contributed by atoms with E-state index in [0.29, 0.717) is 5.92 Å². The highest BCUT2D eigenvalue weighted by atomic mass is 13.9. The fraction of sp³-hybridized carbons (Fsp3) is 0.600. The van der Waals surface area contributed by atoms with E-state index in [2.05, 4.69) is 45.9 Å². The van der Waals surface area contributed by atoms with Crippen LogP contribution in [0.1, 0.15) is 34.1 Å². The number of rotatable bonds is 3. The molecule has 58 valence electrons. The van der Waals surface area contributed by atoms with E-state index in [-0.39, 0.29) is 0 Å². The molecule has 0 fully saturated rings. The normalized spacial score (nSPS) is 13.5. The predicted octanol–water partition coefficient (Wildman–Crippen LogP) is 3.55. The molecule has 0 saturated heterocycles. The fourth-order valence-corrected chi connectivity index (χ4v) is 0.734. The molecule has 0 heteroatoms. The Morgan fingerprint density at radius 1 is 1.40 bits per heavy atom. The molecule has 0 radical (unpaired) electrons. The van der Waals surface area contributed by atoms with Crippen LogP contribution in [-0.4, -0.2) is 0 Å². The smallest absolute Gasteiger partial charge is 0.0287 e. The second-order valence-electron chi connectivity index (χ2n) is 2.82. The van der Waals surface area contributed by atoms with Crippen LogP contribution < -0.4 is 0 Å². The predicted molar refractivity (Wildman–Crippen MR) is 48.0 cm³/mol. The molecule has 0 aliphatic rings. The average Bonchev–Trinajstić information content (AvgIpc) is 1.90. The number of hydrogen-bond donors (Lipinski definition) is 0. The molecule has 0 atom stereocenters. The van der Waals surface area contributed by atoms with Gasteiger partial charge in [-0.2, -0.15) is 0 Å². The molecule has 0 heterocycles. The van der Waals surface area contributed by atoms with Crippen molar-refractivity contribution in [2.45, 2.75) is 34.1 Å². The fourth-order valence-electron chi connectivity index (χ4n) is 0.734. The Hall–Kier alpha value is -0.520. The van der Waals surface area contributed by atoms with Crippen molar-refractivity contribution in [3.05, 3.63) is 23.8 Å². The lowest BCUT2D eigenvalue weighted by Gasteiger charge is -1.96. The standard InChI is InChI=1S/C10H18/c1-5-10(6-2)8-7-9(3)4/h5,7-9H,6H2,1-4H3/b8-7+,10-5-. The van der Waals surface area contributed by atoms with Crippen molar-refractivity contribution in [2.75, 3.05) is 0 Å². The molecule has 0 rings (SSSR count). The van der Waals surface area contributed by atoms with E-state index in [4.69, 9.17) is 0 Å². The molecule has 0 aliphatic heterocycles. The van der Waals surface area contributed by atoms with E-state index in [1.165, 1.54) is 5.57 Å². The van der Waals surface area contributed by atoms with Crippen molar-refractivity contribution >= 4 is 0 Å². The maximum absolute atomic E-state index is 2.23. The number of allylic oxidation sites excluding steroid dienone is 4. The van der Waals surface area contributed by atoms with Crippen LogP contribution in [0, 0.1) is 5.92 Å². The Balaban J connectivity index is 3.86. The molecule has 0 amide bonds. The zero-order chi connectivity index (χ0) is 7.98. The van der Waals surface area contributed by atoms with E-state index in [1.54, 1.807) is 0 Å².